The Hall–Kier alpha value is -1.70. The van der Waals surface area contributed by atoms with Gasteiger partial charge in [-0.3, -0.25) is 9.59 Å². The molecule has 0 aliphatic carbocycles. The third kappa shape index (κ3) is 18.3. The molecule has 0 amide bonds. The molecule has 6 heteroatoms. The number of hydrogen-bond donors (Lipinski definition) is 0. The van der Waals surface area contributed by atoms with Crippen molar-refractivity contribution in [3.8, 4) is 0 Å². The number of rotatable bonds is 6. The number of Topliss-reactive ketones (excluding diaryl/α,β-unsaturated/α-hetero) is 2. The average Bonchev–Trinajstić information content (AvgIpc) is 2.57. The van der Waals surface area contributed by atoms with Gasteiger partial charge in [-0.25, -0.2) is 0 Å². The summed E-state index contributed by atoms with van der Waals surface area (Å²) in [7, 11) is 0. The van der Waals surface area contributed by atoms with E-state index in [1.54, 1.807) is 31.9 Å². The Labute approximate surface area is 147 Å². The minimum atomic E-state index is 0. The first-order valence-corrected chi connectivity index (χ1v) is 5.67. The van der Waals surface area contributed by atoms with E-state index in [0.717, 1.165) is 5.56 Å². The first-order chi connectivity index (χ1) is 10.6. The van der Waals surface area contributed by atoms with E-state index in [1.807, 2.05) is 18.6 Å². The van der Waals surface area contributed by atoms with Crippen LogP contribution in [0.1, 0.15) is 29.8 Å². The van der Waals surface area contributed by atoms with Crippen molar-refractivity contribution in [3.05, 3.63) is 81.0 Å². The Bertz CT molecular complexity index is 472. The second-order valence-corrected chi connectivity index (χ2v) is 3.51. The molecule has 1 rings (SSSR count). The maximum atomic E-state index is 11.0. The van der Waals surface area contributed by atoms with Crippen LogP contribution in [0.4, 0.5) is 0 Å². The van der Waals surface area contributed by atoms with Crippen LogP contribution >= 0.6 is 0 Å². The second kappa shape index (κ2) is 22.6. The van der Waals surface area contributed by atoms with Crippen LogP contribution in [0.25, 0.3) is 0 Å². The van der Waals surface area contributed by atoms with Crippen molar-refractivity contribution in [2.75, 3.05) is 0 Å². The molecule has 1 aromatic rings. The fraction of sp³-hybridized carbons (Fsp3) is 0.118. The van der Waals surface area contributed by atoms with E-state index >= 15 is 0 Å². The normalized spacial score (nSPS) is 7.30. The minimum absolute atomic E-state index is 0. The van der Waals surface area contributed by atoms with E-state index in [0.29, 0.717) is 5.56 Å². The number of carbonyl (C=O) groups is 2. The molecule has 0 aromatic heterocycles. The number of ketones is 2. The molecule has 23 heavy (non-hydrogen) atoms. The summed E-state index contributed by atoms with van der Waals surface area (Å²) < 4.78 is 22.5. The van der Waals surface area contributed by atoms with Gasteiger partial charge in [0.1, 0.15) is 5.78 Å². The van der Waals surface area contributed by atoms with Crippen LogP contribution in [0.2, 0.25) is 0 Å². The van der Waals surface area contributed by atoms with Gasteiger partial charge in [-0.15, -0.1) is 0 Å². The predicted molar refractivity (Wildman–Crippen MR) is 75.2 cm³/mol. The van der Waals surface area contributed by atoms with E-state index in [1.165, 1.54) is 13.3 Å². The molecule has 0 saturated heterocycles. The largest absolute Gasteiger partial charge is 0 e. The molecular formula is C17H14FeO5. The number of unbranched alkanes of at least 4 members (excludes halogenated alkanes) is 1. The van der Waals surface area contributed by atoms with E-state index in [4.69, 9.17) is 14.0 Å². The Morgan fingerprint density at radius 2 is 1.30 bits per heavy atom. The molecule has 120 valence electrons. The molecule has 0 aliphatic heterocycles. The molecule has 0 unspecified atom stereocenters. The summed E-state index contributed by atoms with van der Waals surface area (Å²) >= 11 is 0. The molecular weight excluding hydrogens is 340 g/mol. The zero-order valence-corrected chi connectivity index (χ0v) is 13.6. The van der Waals surface area contributed by atoms with E-state index in [9.17, 15) is 9.59 Å². The first-order valence-electron chi connectivity index (χ1n) is 5.67. The van der Waals surface area contributed by atoms with Crippen LogP contribution in [0.3, 0.4) is 0 Å². The summed E-state index contributed by atoms with van der Waals surface area (Å²) in [6, 6.07) is 7.32. The fourth-order valence-corrected chi connectivity index (χ4v) is 1.19. The third-order valence-electron chi connectivity index (χ3n) is 2.05. The molecule has 4 radical (unpaired) electrons. The zero-order chi connectivity index (χ0) is 18.0. The van der Waals surface area contributed by atoms with Crippen LogP contribution < -0.4 is 0 Å². The quantitative estimate of drug-likeness (QED) is 0.258. The molecule has 1 aromatic carbocycles. The van der Waals surface area contributed by atoms with Gasteiger partial charge in [0.15, 0.2) is 5.78 Å². The van der Waals surface area contributed by atoms with Crippen molar-refractivity contribution in [1.29, 1.82) is 0 Å². The van der Waals surface area contributed by atoms with Crippen molar-refractivity contribution in [2.24, 2.45) is 0 Å². The van der Waals surface area contributed by atoms with Crippen LogP contribution in [0, 0.1) is 45.6 Å². The molecule has 0 spiro atoms. The monoisotopic (exact) mass is 354 g/mol. The molecule has 0 aliphatic rings. The maximum absolute atomic E-state index is 11.0. The van der Waals surface area contributed by atoms with E-state index in [2.05, 4.69) is 20.0 Å². The summed E-state index contributed by atoms with van der Waals surface area (Å²) in [4.78, 5) is 21.6. The first kappa shape index (κ1) is 29.3. The van der Waals surface area contributed by atoms with Gasteiger partial charge in [-0.2, -0.15) is 0 Å². The molecule has 0 bridgehead atoms. The SMILES string of the molecule is CC(=O)[CH][CH][CH][CH]c1ccc(C(C)=O)cc1.[C-]#[O+].[C-]#[O+].[C-]#[O+].[Fe]. The van der Waals surface area contributed by atoms with Crippen LogP contribution in [-0.4, -0.2) is 11.6 Å². The summed E-state index contributed by atoms with van der Waals surface area (Å²) in [6.45, 7) is 16.5. The smallest absolute Gasteiger partial charge is 0 e. The van der Waals surface area contributed by atoms with Crippen LogP contribution in [-0.2, 0) is 35.8 Å². The van der Waals surface area contributed by atoms with Crippen molar-refractivity contribution < 1.29 is 40.6 Å². The Morgan fingerprint density at radius 1 is 0.870 bits per heavy atom. The fourth-order valence-electron chi connectivity index (χ4n) is 1.19. The Balaban J connectivity index is -0.000000231. The standard InChI is InChI=1S/C14H14O2.3CO.Fe/c1-11(15)5-3-4-6-13-7-9-14(10-8-13)12(2)16;3*1-2;/h3-10H,1-2H3;;;;. The molecule has 0 saturated carbocycles. The summed E-state index contributed by atoms with van der Waals surface area (Å²) in [5.74, 6) is 0.0867. The van der Waals surface area contributed by atoms with Crippen LogP contribution in [0.15, 0.2) is 24.3 Å². The minimum Gasteiger partial charge on any atom is 0 e. The molecule has 0 heterocycles. The average molecular weight is 354 g/mol. The van der Waals surface area contributed by atoms with Gasteiger partial charge in [-0.05, 0) is 38.7 Å². The predicted octanol–water partition coefficient (Wildman–Crippen LogP) is 2.53. The van der Waals surface area contributed by atoms with Gasteiger partial charge in [0.2, 0.25) is 0 Å². The summed E-state index contributed by atoms with van der Waals surface area (Å²) in [5.41, 5.74) is 1.70. The number of hydrogen-bond acceptors (Lipinski definition) is 2. The van der Waals surface area contributed by atoms with Crippen molar-refractivity contribution in [1.82, 2.24) is 0 Å². The summed E-state index contributed by atoms with van der Waals surface area (Å²) in [5, 5.41) is 0. The van der Waals surface area contributed by atoms with Crippen molar-refractivity contribution >= 4 is 11.6 Å². The zero-order valence-electron chi connectivity index (χ0n) is 12.5. The molecule has 0 N–H and O–H groups in total. The van der Waals surface area contributed by atoms with Gasteiger partial charge in [0.25, 0.3) is 0 Å². The van der Waals surface area contributed by atoms with Gasteiger partial charge in [0.05, 0.1) is 0 Å². The Kier molecular flexibility index (Phi) is 28.8. The molecule has 5 nitrogen and oxygen atoms in total. The molecule has 0 fully saturated rings. The molecule has 0 atom stereocenters. The maximum Gasteiger partial charge on any atom is 0 e. The van der Waals surface area contributed by atoms with E-state index < -0.39 is 0 Å². The van der Waals surface area contributed by atoms with Crippen molar-refractivity contribution in [2.45, 2.75) is 13.8 Å². The van der Waals surface area contributed by atoms with Gasteiger partial charge >= 0.3 is 33.9 Å². The number of benzene rings is 1. The van der Waals surface area contributed by atoms with Crippen LogP contribution in [0.5, 0.6) is 0 Å². The van der Waals surface area contributed by atoms with Crippen molar-refractivity contribution in [3.63, 3.8) is 0 Å². The van der Waals surface area contributed by atoms with E-state index in [-0.39, 0.29) is 28.6 Å². The summed E-state index contributed by atoms with van der Waals surface area (Å²) in [6.07, 6.45) is 6.87. The van der Waals surface area contributed by atoms with Gasteiger partial charge in [0, 0.05) is 29.1 Å². The third-order valence-corrected chi connectivity index (χ3v) is 2.05. The topological polar surface area (TPSA) is 93.8 Å². The Morgan fingerprint density at radius 3 is 1.65 bits per heavy atom. The van der Waals surface area contributed by atoms with Gasteiger partial charge in [-0.1, -0.05) is 24.3 Å². The second-order valence-electron chi connectivity index (χ2n) is 3.51. The number of carbonyl (C=O) groups excluding carboxylic acids is 2. The van der Waals surface area contributed by atoms with Gasteiger partial charge < -0.3 is 0 Å².